The molecule has 0 fully saturated rings. The number of anilines is 1. The van der Waals surface area contributed by atoms with Gasteiger partial charge >= 0.3 is 0 Å². The normalized spacial score (nSPS) is 14.1. The van der Waals surface area contributed by atoms with Crippen molar-refractivity contribution in [2.45, 2.75) is 6.92 Å². The van der Waals surface area contributed by atoms with Crippen molar-refractivity contribution in [3.05, 3.63) is 41.9 Å². The first-order valence-corrected chi connectivity index (χ1v) is 7.15. The molecule has 0 saturated heterocycles. The number of imidazole rings is 1. The Morgan fingerprint density at radius 1 is 1.13 bits per heavy atom. The molecule has 1 aliphatic rings. The number of hydrogen-bond donors (Lipinski definition) is 3. The molecule has 2 aromatic heterocycles. The summed E-state index contributed by atoms with van der Waals surface area (Å²) in [7, 11) is 0. The van der Waals surface area contributed by atoms with E-state index in [4.69, 9.17) is 0 Å². The van der Waals surface area contributed by atoms with E-state index in [1.54, 1.807) is 18.3 Å². The summed E-state index contributed by atoms with van der Waals surface area (Å²) in [6.45, 7) is 1.85. The average Bonchev–Trinajstić information content (AvgIpc) is 2.84. The van der Waals surface area contributed by atoms with E-state index in [0.29, 0.717) is 16.9 Å². The Kier molecular flexibility index (Phi) is 2.87. The lowest BCUT2D eigenvalue weighted by Crippen LogP contribution is -2.28. The van der Waals surface area contributed by atoms with E-state index >= 15 is 0 Å². The van der Waals surface area contributed by atoms with Crippen LogP contribution in [0.1, 0.15) is 16.2 Å². The number of aromatic amines is 1. The number of aromatic nitrogens is 3. The summed E-state index contributed by atoms with van der Waals surface area (Å²) in [5.41, 5.74) is 4.20. The Bertz CT molecular complexity index is 960. The van der Waals surface area contributed by atoms with E-state index in [0.717, 1.165) is 22.5 Å². The van der Waals surface area contributed by atoms with Gasteiger partial charge in [-0.15, -0.1) is 0 Å². The Morgan fingerprint density at radius 3 is 2.87 bits per heavy atom. The second-order valence-electron chi connectivity index (χ2n) is 5.41. The van der Waals surface area contributed by atoms with Gasteiger partial charge < -0.3 is 15.6 Å². The molecule has 1 aromatic carbocycles. The minimum Gasteiger partial charge on any atom is -0.343 e. The molecule has 7 nitrogen and oxygen atoms in total. The van der Waals surface area contributed by atoms with Gasteiger partial charge in [-0.3, -0.25) is 9.59 Å². The number of carbonyl (C=O) groups excluding carboxylic acids is 2. The molecule has 23 heavy (non-hydrogen) atoms. The fraction of sp³-hybridized carbons (Fsp3) is 0.125. The number of H-pyrrole nitrogens is 1. The highest BCUT2D eigenvalue weighted by Crippen LogP contribution is 2.27. The van der Waals surface area contributed by atoms with Crippen molar-refractivity contribution < 1.29 is 9.59 Å². The lowest BCUT2D eigenvalue weighted by molar-refractivity contribution is -0.115. The van der Waals surface area contributed by atoms with Crippen LogP contribution in [0.3, 0.4) is 0 Å². The number of nitrogens with zero attached hydrogens (tertiary/aromatic N) is 2. The molecule has 0 radical (unpaired) electrons. The van der Waals surface area contributed by atoms with Crippen molar-refractivity contribution in [1.82, 2.24) is 20.3 Å². The SMILES string of the molecule is Cc1nc2ncc(-c3ccc4c(c3)NC(=O)CNC4=O)cc2[nH]1. The Hall–Kier alpha value is -3.22. The van der Waals surface area contributed by atoms with Crippen LogP contribution in [0.5, 0.6) is 0 Å². The minimum atomic E-state index is -0.261. The van der Waals surface area contributed by atoms with Crippen LogP contribution >= 0.6 is 0 Å². The van der Waals surface area contributed by atoms with Crippen LogP contribution < -0.4 is 10.6 Å². The molecule has 3 aromatic rings. The molecule has 114 valence electrons. The van der Waals surface area contributed by atoms with E-state index in [1.165, 1.54) is 0 Å². The van der Waals surface area contributed by atoms with Crippen molar-refractivity contribution in [2.24, 2.45) is 0 Å². The van der Waals surface area contributed by atoms with Crippen LogP contribution in [-0.2, 0) is 4.79 Å². The summed E-state index contributed by atoms with van der Waals surface area (Å²) in [5, 5.41) is 5.30. The van der Waals surface area contributed by atoms with Crippen LogP contribution in [0, 0.1) is 6.92 Å². The molecule has 0 unspecified atom stereocenters. The zero-order valence-corrected chi connectivity index (χ0v) is 12.3. The van der Waals surface area contributed by atoms with Crippen LogP contribution in [0.15, 0.2) is 30.5 Å². The van der Waals surface area contributed by atoms with E-state index in [-0.39, 0.29) is 18.4 Å². The fourth-order valence-corrected chi connectivity index (χ4v) is 2.65. The molecule has 0 atom stereocenters. The second kappa shape index (κ2) is 4.91. The second-order valence-corrected chi connectivity index (χ2v) is 5.41. The maximum Gasteiger partial charge on any atom is 0.253 e. The fourth-order valence-electron chi connectivity index (χ4n) is 2.65. The number of aryl methyl sites for hydroxylation is 1. The summed E-state index contributed by atoms with van der Waals surface area (Å²) in [4.78, 5) is 35.4. The third-order valence-corrected chi connectivity index (χ3v) is 3.74. The summed E-state index contributed by atoms with van der Waals surface area (Å²) >= 11 is 0. The molecule has 2 amide bonds. The molecule has 0 saturated carbocycles. The van der Waals surface area contributed by atoms with Gasteiger partial charge in [0, 0.05) is 11.8 Å². The highest BCUT2D eigenvalue weighted by Gasteiger charge is 2.19. The van der Waals surface area contributed by atoms with E-state index in [9.17, 15) is 9.59 Å². The highest BCUT2D eigenvalue weighted by molar-refractivity contribution is 6.09. The van der Waals surface area contributed by atoms with Crippen molar-refractivity contribution in [2.75, 3.05) is 11.9 Å². The lowest BCUT2D eigenvalue weighted by atomic mass is 10.0. The number of benzene rings is 1. The molecular formula is C16H13N5O2. The number of fused-ring (bicyclic) bond motifs is 2. The third kappa shape index (κ3) is 2.32. The molecule has 4 rings (SSSR count). The first-order chi connectivity index (χ1) is 11.1. The molecule has 3 heterocycles. The Labute approximate surface area is 131 Å². The van der Waals surface area contributed by atoms with Gasteiger partial charge in [-0.05, 0) is 30.7 Å². The highest BCUT2D eigenvalue weighted by atomic mass is 16.2. The minimum absolute atomic E-state index is 0.0240. The predicted molar refractivity (Wildman–Crippen MR) is 85.0 cm³/mol. The summed E-state index contributed by atoms with van der Waals surface area (Å²) in [5.74, 6) is 0.296. The number of amides is 2. The van der Waals surface area contributed by atoms with Crippen LogP contribution in [0.4, 0.5) is 5.69 Å². The first-order valence-electron chi connectivity index (χ1n) is 7.15. The van der Waals surface area contributed by atoms with Gasteiger partial charge in [0.25, 0.3) is 5.91 Å². The van der Waals surface area contributed by atoms with Crippen LogP contribution in [0.2, 0.25) is 0 Å². The molecule has 7 heteroatoms. The number of rotatable bonds is 1. The van der Waals surface area contributed by atoms with Gasteiger partial charge in [0.1, 0.15) is 5.82 Å². The van der Waals surface area contributed by atoms with E-state index in [1.807, 2.05) is 19.1 Å². The van der Waals surface area contributed by atoms with Crippen molar-refractivity contribution in [3.8, 4) is 11.1 Å². The number of carbonyl (C=O) groups is 2. The van der Waals surface area contributed by atoms with Gasteiger partial charge in [0.05, 0.1) is 23.3 Å². The standard InChI is InChI=1S/C16H13N5O2/c1-8-19-13-5-10(6-17-15(13)20-8)9-2-3-11-12(4-9)21-14(22)7-18-16(11)23/h2-6H,7H2,1H3,(H,18,23)(H,21,22)(H,17,19,20). The van der Waals surface area contributed by atoms with Crippen LogP contribution in [0.25, 0.3) is 22.3 Å². The van der Waals surface area contributed by atoms with Gasteiger partial charge in [0.2, 0.25) is 5.91 Å². The van der Waals surface area contributed by atoms with E-state index < -0.39 is 0 Å². The average molecular weight is 307 g/mol. The van der Waals surface area contributed by atoms with Crippen molar-refractivity contribution in [1.29, 1.82) is 0 Å². The van der Waals surface area contributed by atoms with Gasteiger partial charge in [-0.2, -0.15) is 0 Å². The smallest absolute Gasteiger partial charge is 0.253 e. The predicted octanol–water partition coefficient (Wildman–Crippen LogP) is 1.62. The lowest BCUT2D eigenvalue weighted by Gasteiger charge is -2.08. The Balaban J connectivity index is 1.82. The molecular weight excluding hydrogens is 294 g/mol. The number of pyridine rings is 1. The quantitative estimate of drug-likeness (QED) is 0.636. The maximum absolute atomic E-state index is 11.9. The molecule has 0 bridgehead atoms. The number of nitrogens with one attached hydrogen (secondary N) is 3. The molecule has 0 aliphatic carbocycles. The monoisotopic (exact) mass is 307 g/mol. The number of hydrogen-bond acceptors (Lipinski definition) is 4. The van der Waals surface area contributed by atoms with Gasteiger partial charge in [0.15, 0.2) is 5.65 Å². The van der Waals surface area contributed by atoms with Crippen molar-refractivity contribution >= 4 is 28.7 Å². The third-order valence-electron chi connectivity index (χ3n) is 3.74. The maximum atomic E-state index is 11.9. The first kappa shape index (κ1) is 13.4. The van der Waals surface area contributed by atoms with Gasteiger partial charge in [-0.25, -0.2) is 9.97 Å². The zero-order chi connectivity index (χ0) is 16.0. The Morgan fingerprint density at radius 2 is 2.00 bits per heavy atom. The summed E-state index contributed by atoms with van der Waals surface area (Å²) < 4.78 is 0. The largest absolute Gasteiger partial charge is 0.343 e. The molecule has 1 aliphatic heterocycles. The molecule has 3 N–H and O–H groups in total. The summed E-state index contributed by atoms with van der Waals surface area (Å²) in [6, 6.07) is 7.27. The van der Waals surface area contributed by atoms with Gasteiger partial charge in [-0.1, -0.05) is 6.07 Å². The zero-order valence-electron chi connectivity index (χ0n) is 12.3. The summed E-state index contributed by atoms with van der Waals surface area (Å²) in [6.07, 6.45) is 1.73. The molecule has 0 spiro atoms. The van der Waals surface area contributed by atoms with E-state index in [2.05, 4.69) is 25.6 Å². The van der Waals surface area contributed by atoms with Crippen LogP contribution in [-0.4, -0.2) is 33.3 Å². The van der Waals surface area contributed by atoms with Crippen molar-refractivity contribution in [3.63, 3.8) is 0 Å². The topological polar surface area (TPSA) is 99.8 Å².